The van der Waals surface area contributed by atoms with Gasteiger partial charge in [0.15, 0.2) is 0 Å². The lowest BCUT2D eigenvalue weighted by Gasteiger charge is -2.26. The summed E-state index contributed by atoms with van der Waals surface area (Å²) in [6, 6.07) is 5.18. The molecule has 0 spiro atoms. The first-order valence-corrected chi connectivity index (χ1v) is 8.99. The summed E-state index contributed by atoms with van der Waals surface area (Å²) in [4.78, 5) is 14.3. The lowest BCUT2D eigenvalue weighted by molar-refractivity contribution is 0.0195. The van der Waals surface area contributed by atoms with Gasteiger partial charge in [-0.05, 0) is 40.5 Å². The molecule has 1 aliphatic rings. The van der Waals surface area contributed by atoms with E-state index in [0.29, 0.717) is 30.4 Å². The smallest absolute Gasteiger partial charge is 0.338 e. The van der Waals surface area contributed by atoms with E-state index in [-0.39, 0.29) is 5.97 Å². The Kier molecular flexibility index (Phi) is 8.16. The normalized spacial score (nSPS) is 15.4. The van der Waals surface area contributed by atoms with Crippen LogP contribution in [0.4, 0.5) is 0 Å². The molecule has 2 rings (SSSR count). The molecule has 1 heterocycles. The Balaban J connectivity index is 1.78. The van der Waals surface area contributed by atoms with E-state index in [0.717, 1.165) is 43.7 Å². The van der Waals surface area contributed by atoms with Crippen molar-refractivity contribution in [1.82, 2.24) is 4.90 Å². The first-order valence-electron chi connectivity index (χ1n) is 7.66. The van der Waals surface area contributed by atoms with Crippen molar-refractivity contribution in [3.05, 3.63) is 28.2 Å². The van der Waals surface area contributed by atoms with Crippen LogP contribution in [0.2, 0.25) is 0 Å². The molecule has 0 unspecified atom stereocenters. The number of rotatable bonds is 8. The van der Waals surface area contributed by atoms with E-state index in [1.807, 2.05) is 0 Å². The lowest BCUT2D eigenvalue weighted by atomic mass is 10.2. The molecule has 1 fully saturated rings. The maximum absolute atomic E-state index is 12.1. The highest BCUT2D eigenvalue weighted by Gasteiger charge is 2.13. The number of carbonyl (C=O) groups excluding carboxylic acids is 1. The highest BCUT2D eigenvalue weighted by Crippen LogP contribution is 2.26. The molecule has 7 heteroatoms. The molecule has 128 valence electrons. The van der Waals surface area contributed by atoms with Gasteiger partial charge in [0.1, 0.15) is 12.4 Å². The number of benzene rings is 1. The number of morpholine rings is 1. The predicted octanol–water partition coefficient (Wildman–Crippen LogP) is 2.95. The van der Waals surface area contributed by atoms with Crippen LogP contribution in [0, 0.1) is 0 Å². The molecule has 0 radical (unpaired) electrons. The minimum Gasteiger partial charge on any atom is -0.492 e. The van der Waals surface area contributed by atoms with Gasteiger partial charge >= 0.3 is 5.97 Å². The average Bonchev–Trinajstić information content (AvgIpc) is 2.57. The van der Waals surface area contributed by atoms with Crippen molar-refractivity contribution >= 4 is 33.5 Å². The van der Waals surface area contributed by atoms with Gasteiger partial charge in [0.25, 0.3) is 0 Å². The predicted molar refractivity (Wildman–Crippen MR) is 92.5 cm³/mol. The minimum absolute atomic E-state index is 0.328. The van der Waals surface area contributed by atoms with Crippen molar-refractivity contribution < 1.29 is 19.0 Å². The summed E-state index contributed by atoms with van der Waals surface area (Å²) in [7, 11) is 0. The molecular formula is C16H21BrClNO4. The van der Waals surface area contributed by atoms with Gasteiger partial charge in [-0.3, -0.25) is 4.90 Å². The van der Waals surface area contributed by atoms with Crippen molar-refractivity contribution in [2.24, 2.45) is 0 Å². The van der Waals surface area contributed by atoms with Crippen molar-refractivity contribution in [2.75, 3.05) is 51.9 Å². The summed E-state index contributed by atoms with van der Waals surface area (Å²) >= 11 is 9.03. The van der Waals surface area contributed by atoms with E-state index in [4.69, 9.17) is 25.8 Å². The topological polar surface area (TPSA) is 48.0 Å². The molecule has 1 aliphatic heterocycles. The van der Waals surface area contributed by atoms with E-state index < -0.39 is 0 Å². The van der Waals surface area contributed by atoms with Gasteiger partial charge in [0.05, 0.1) is 29.9 Å². The van der Waals surface area contributed by atoms with Gasteiger partial charge in [-0.2, -0.15) is 0 Å². The van der Waals surface area contributed by atoms with Gasteiger partial charge < -0.3 is 14.2 Å². The zero-order valence-electron chi connectivity index (χ0n) is 12.9. The first-order chi connectivity index (χ1) is 11.2. The quantitative estimate of drug-likeness (QED) is 0.377. The average molecular weight is 407 g/mol. The second-order valence-electron chi connectivity index (χ2n) is 5.13. The summed E-state index contributed by atoms with van der Waals surface area (Å²) in [5.41, 5.74) is 0.503. The summed E-state index contributed by atoms with van der Waals surface area (Å²) < 4.78 is 16.9. The summed E-state index contributed by atoms with van der Waals surface area (Å²) in [6.07, 6.45) is 0.777. The Morgan fingerprint density at radius 1 is 1.30 bits per heavy atom. The highest BCUT2D eigenvalue weighted by atomic mass is 79.9. The van der Waals surface area contributed by atoms with E-state index in [1.165, 1.54) is 0 Å². The van der Waals surface area contributed by atoms with Gasteiger partial charge in [-0.25, -0.2) is 4.79 Å². The van der Waals surface area contributed by atoms with Crippen molar-refractivity contribution in [3.8, 4) is 5.75 Å². The van der Waals surface area contributed by atoms with Crippen LogP contribution >= 0.6 is 27.5 Å². The Labute approximate surface area is 150 Å². The van der Waals surface area contributed by atoms with Crippen LogP contribution in [0.5, 0.6) is 5.75 Å². The fraction of sp³-hybridized carbons (Fsp3) is 0.562. The Morgan fingerprint density at radius 3 is 2.78 bits per heavy atom. The monoisotopic (exact) mass is 405 g/mol. The fourth-order valence-electron chi connectivity index (χ4n) is 2.16. The molecule has 0 bridgehead atoms. The van der Waals surface area contributed by atoms with Crippen molar-refractivity contribution in [2.45, 2.75) is 6.42 Å². The molecule has 0 N–H and O–H groups in total. The third-order valence-electron chi connectivity index (χ3n) is 3.45. The Morgan fingerprint density at radius 2 is 2.09 bits per heavy atom. The maximum atomic E-state index is 12.1. The zero-order chi connectivity index (χ0) is 16.5. The molecule has 0 saturated carbocycles. The lowest BCUT2D eigenvalue weighted by Crippen LogP contribution is -2.38. The number of nitrogens with zero attached hydrogens (tertiary/aromatic N) is 1. The van der Waals surface area contributed by atoms with Gasteiger partial charge in [0.2, 0.25) is 0 Å². The minimum atomic E-state index is -0.328. The number of halogens is 2. The fourth-order valence-corrected chi connectivity index (χ4v) is 2.76. The van der Waals surface area contributed by atoms with Crippen LogP contribution in [-0.2, 0) is 9.47 Å². The number of carbonyl (C=O) groups is 1. The van der Waals surface area contributed by atoms with E-state index >= 15 is 0 Å². The van der Waals surface area contributed by atoms with Crippen LogP contribution in [0.15, 0.2) is 22.7 Å². The molecule has 0 aliphatic carbocycles. The van der Waals surface area contributed by atoms with Crippen LogP contribution in [0.1, 0.15) is 16.8 Å². The summed E-state index contributed by atoms with van der Waals surface area (Å²) in [5, 5.41) is 0. The number of alkyl halides is 1. The molecule has 1 aromatic carbocycles. The number of ether oxygens (including phenoxy) is 3. The van der Waals surface area contributed by atoms with Gasteiger partial charge in [0, 0.05) is 25.5 Å². The van der Waals surface area contributed by atoms with Crippen LogP contribution in [-0.4, -0.2) is 62.8 Å². The van der Waals surface area contributed by atoms with E-state index in [9.17, 15) is 4.79 Å². The molecule has 0 amide bonds. The maximum Gasteiger partial charge on any atom is 0.338 e. The Hall–Kier alpha value is -0.820. The molecule has 0 atom stereocenters. The number of esters is 1. The largest absolute Gasteiger partial charge is 0.492 e. The third-order valence-corrected chi connectivity index (χ3v) is 4.33. The summed E-state index contributed by atoms with van der Waals surface area (Å²) in [5.74, 6) is 0.928. The SMILES string of the molecule is O=C(OCCN1CCOCC1)c1ccc(OCCCCl)c(Br)c1. The molecular weight excluding hydrogens is 386 g/mol. The van der Waals surface area contributed by atoms with Crippen molar-refractivity contribution in [1.29, 1.82) is 0 Å². The van der Waals surface area contributed by atoms with Crippen molar-refractivity contribution in [3.63, 3.8) is 0 Å². The van der Waals surface area contributed by atoms with Crippen LogP contribution in [0.25, 0.3) is 0 Å². The van der Waals surface area contributed by atoms with E-state index in [2.05, 4.69) is 20.8 Å². The molecule has 0 aromatic heterocycles. The van der Waals surface area contributed by atoms with Crippen LogP contribution < -0.4 is 4.74 Å². The highest BCUT2D eigenvalue weighted by molar-refractivity contribution is 9.10. The molecule has 23 heavy (non-hydrogen) atoms. The molecule has 5 nitrogen and oxygen atoms in total. The van der Waals surface area contributed by atoms with E-state index in [1.54, 1.807) is 18.2 Å². The number of hydrogen-bond acceptors (Lipinski definition) is 5. The number of hydrogen-bond donors (Lipinski definition) is 0. The Bertz CT molecular complexity index is 509. The second kappa shape index (κ2) is 10.1. The molecule has 1 aromatic rings. The molecule has 1 saturated heterocycles. The standard InChI is InChI=1S/C16H21BrClNO4/c17-14-12-13(2-3-15(14)22-8-1-4-18)16(20)23-11-7-19-5-9-21-10-6-19/h2-3,12H,1,4-11H2. The third kappa shape index (κ3) is 6.30. The van der Waals surface area contributed by atoms with Gasteiger partial charge in [-0.1, -0.05) is 0 Å². The van der Waals surface area contributed by atoms with Gasteiger partial charge in [-0.15, -0.1) is 11.6 Å². The summed E-state index contributed by atoms with van der Waals surface area (Å²) in [6.45, 7) is 4.92. The first kappa shape index (κ1) is 18.5. The van der Waals surface area contributed by atoms with Crippen LogP contribution in [0.3, 0.4) is 0 Å². The zero-order valence-corrected chi connectivity index (χ0v) is 15.3. The second-order valence-corrected chi connectivity index (χ2v) is 6.36.